The van der Waals surface area contributed by atoms with Crippen LogP contribution in [0.1, 0.15) is 17.1 Å². The zero-order valence-electron chi connectivity index (χ0n) is 10.9. The third kappa shape index (κ3) is 2.49. The number of nitrogens with two attached hydrogens (primary N) is 1. The Morgan fingerprint density at radius 2 is 1.94 bits per heavy atom. The lowest BCUT2D eigenvalue weighted by molar-refractivity contribution is 0.416. The first kappa shape index (κ1) is 12.5. The molecule has 0 fully saturated rings. The summed E-state index contributed by atoms with van der Waals surface area (Å²) in [6.07, 6.45) is 0. The third-order valence-corrected chi connectivity index (χ3v) is 2.71. The molecule has 0 spiro atoms. The SMILES string of the molecule is COc1ccc(C)cc1-c1cc(C)nc(CN)n1. The van der Waals surface area contributed by atoms with Crippen molar-refractivity contribution in [1.82, 2.24) is 9.97 Å². The summed E-state index contributed by atoms with van der Waals surface area (Å²) in [5.41, 5.74) is 9.50. The van der Waals surface area contributed by atoms with Gasteiger partial charge in [0.05, 0.1) is 19.3 Å². The van der Waals surface area contributed by atoms with Crippen molar-refractivity contribution < 1.29 is 4.74 Å². The number of aryl methyl sites for hydroxylation is 2. The van der Waals surface area contributed by atoms with Gasteiger partial charge in [-0.25, -0.2) is 9.97 Å². The largest absolute Gasteiger partial charge is 0.496 e. The van der Waals surface area contributed by atoms with E-state index in [1.807, 2.05) is 32.0 Å². The van der Waals surface area contributed by atoms with Crippen molar-refractivity contribution in [3.05, 3.63) is 41.3 Å². The first-order valence-corrected chi connectivity index (χ1v) is 5.83. The fourth-order valence-electron chi connectivity index (χ4n) is 1.88. The zero-order chi connectivity index (χ0) is 13.1. The summed E-state index contributed by atoms with van der Waals surface area (Å²) in [5, 5.41) is 0. The Morgan fingerprint density at radius 3 is 2.61 bits per heavy atom. The van der Waals surface area contributed by atoms with E-state index in [1.165, 1.54) is 0 Å². The Bertz CT molecular complexity index is 567. The Balaban J connectivity index is 2.60. The lowest BCUT2D eigenvalue weighted by Gasteiger charge is -2.10. The minimum Gasteiger partial charge on any atom is -0.496 e. The van der Waals surface area contributed by atoms with E-state index >= 15 is 0 Å². The highest BCUT2D eigenvalue weighted by Crippen LogP contribution is 2.29. The third-order valence-electron chi connectivity index (χ3n) is 2.71. The molecule has 0 unspecified atom stereocenters. The number of rotatable bonds is 3. The average Bonchev–Trinajstić information content (AvgIpc) is 2.38. The van der Waals surface area contributed by atoms with Crippen molar-refractivity contribution >= 4 is 0 Å². The molecular weight excluding hydrogens is 226 g/mol. The van der Waals surface area contributed by atoms with Gasteiger partial charge in [-0.1, -0.05) is 11.6 Å². The summed E-state index contributed by atoms with van der Waals surface area (Å²) in [6, 6.07) is 7.96. The van der Waals surface area contributed by atoms with Crippen molar-refractivity contribution in [2.75, 3.05) is 7.11 Å². The molecule has 0 aliphatic heterocycles. The molecule has 0 saturated carbocycles. The normalized spacial score (nSPS) is 10.4. The highest BCUT2D eigenvalue weighted by Gasteiger charge is 2.09. The number of hydrogen-bond donors (Lipinski definition) is 1. The smallest absolute Gasteiger partial charge is 0.142 e. The van der Waals surface area contributed by atoms with Gasteiger partial charge in [0.25, 0.3) is 0 Å². The summed E-state index contributed by atoms with van der Waals surface area (Å²) >= 11 is 0. The molecule has 18 heavy (non-hydrogen) atoms. The number of ether oxygens (including phenoxy) is 1. The molecule has 2 N–H and O–H groups in total. The maximum Gasteiger partial charge on any atom is 0.142 e. The molecule has 0 bridgehead atoms. The van der Waals surface area contributed by atoms with E-state index in [0.29, 0.717) is 12.4 Å². The average molecular weight is 243 g/mol. The predicted octanol–water partition coefficient (Wildman–Crippen LogP) is 2.23. The van der Waals surface area contributed by atoms with Crippen LogP contribution in [-0.2, 0) is 6.54 Å². The van der Waals surface area contributed by atoms with Crippen molar-refractivity contribution in [2.24, 2.45) is 5.73 Å². The second-order valence-electron chi connectivity index (χ2n) is 4.22. The van der Waals surface area contributed by atoms with Gasteiger partial charge < -0.3 is 10.5 Å². The number of methoxy groups -OCH3 is 1. The summed E-state index contributed by atoms with van der Waals surface area (Å²) < 4.78 is 5.38. The molecule has 0 aliphatic carbocycles. The standard InChI is InChI=1S/C14H17N3O/c1-9-4-5-13(18-3)11(6-9)12-7-10(2)16-14(8-15)17-12/h4-7H,8,15H2,1-3H3. The predicted molar refractivity (Wildman–Crippen MR) is 71.4 cm³/mol. The van der Waals surface area contributed by atoms with E-state index < -0.39 is 0 Å². The van der Waals surface area contributed by atoms with E-state index in [1.54, 1.807) is 7.11 Å². The van der Waals surface area contributed by atoms with Crippen LogP contribution in [0.25, 0.3) is 11.3 Å². The van der Waals surface area contributed by atoms with Gasteiger partial charge in [0.1, 0.15) is 11.6 Å². The molecule has 1 aromatic heterocycles. The summed E-state index contributed by atoms with van der Waals surface area (Å²) in [6.45, 7) is 4.32. The first-order chi connectivity index (χ1) is 8.63. The Labute approximate surface area is 107 Å². The van der Waals surface area contributed by atoms with Crippen LogP contribution in [0.4, 0.5) is 0 Å². The number of benzene rings is 1. The van der Waals surface area contributed by atoms with Crippen LogP contribution in [0.5, 0.6) is 5.75 Å². The molecule has 2 rings (SSSR count). The highest BCUT2D eigenvalue weighted by molar-refractivity contribution is 5.68. The van der Waals surface area contributed by atoms with Crippen LogP contribution in [0.3, 0.4) is 0 Å². The van der Waals surface area contributed by atoms with Crippen LogP contribution in [-0.4, -0.2) is 17.1 Å². The Kier molecular flexibility index (Phi) is 3.58. The zero-order valence-corrected chi connectivity index (χ0v) is 10.9. The van der Waals surface area contributed by atoms with Crippen LogP contribution < -0.4 is 10.5 Å². The lowest BCUT2D eigenvalue weighted by Crippen LogP contribution is -2.05. The summed E-state index contributed by atoms with van der Waals surface area (Å²) in [5.74, 6) is 1.45. The van der Waals surface area contributed by atoms with E-state index in [-0.39, 0.29) is 0 Å². The maximum absolute atomic E-state index is 5.61. The highest BCUT2D eigenvalue weighted by atomic mass is 16.5. The molecule has 0 amide bonds. The fourth-order valence-corrected chi connectivity index (χ4v) is 1.88. The van der Waals surface area contributed by atoms with Crippen molar-refractivity contribution in [1.29, 1.82) is 0 Å². The molecule has 0 radical (unpaired) electrons. The lowest BCUT2D eigenvalue weighted by atomic mass is 10.1. The van der Waals surface area contributed by atoms with Crippen LogP contribution in [0.2, 0.25) is 0 Å². The van der Waals surface area contributed by atoms with Gasteiger partial charge in [-0.2, -0.15) is 0 Å². The van der Waals surface area contributed by atoms with Crippen molar-refractivity contribution in [3.63, 3.8) is 0 Å². The van der Waals surface area contributed by atoms with Crippen LogP contribution in [0, 0.1) is 13.8 Å². The Morgan fingerprint density at radius 1 is 1.17 bits per heavy atom. The van der Waals surface area contributed by atoms with Crippen molar-refractivity contribution in [3.8, 4) is 17.0 Å². The number of hydrogen-bond acceptors (Lipinski definition) is 4. The molecule has 0 atom stereocenters. The molecule has 1 aromatic carbocycles. The molecule has 0 saturated heterocycles. The molecule has 0 aliphatic rings. The second-order valence-corrected chi connectivity index (χ2v) is 4.22. The maximum atomic E-state index is 5.61. The molecule has 4 nitrogen and oxygen atoms in total. The van der Waals surface area contributed by atoms with Gasteiger partial charge in [-0.15, -0.1) is 0 Å². The molecule has 2 aromatic rings. The topological polar surface area (TPSA) is 61.0 Å². The minimum absolute atomic E-state index is 0.336. The number of nitrogens with zero attached hydrogens (tertiary/aromatic N) is 2. The quantitative estimate of drug-likeness (QED) is 0.898. The molecule has 4 heteroatoms. The van der Waals surface area contributed by atoms with Gasteiger partial charge in [0, 0.05) is 11.3 Å². The fraction of sp³-hybridized carbons (Fsp3) is 0.286. The summed E-state index contributed by atoms with van der Waals surface area (Å²) in [7, 11) is 1.66. The molecular formula is C14H17N3O. The van der Waals surface area contributed by atoms with Gasteiger partial charge in [-0.05, 0) is 32.0 Å². The van der Waals surface area contributed by atoms with Crippen LogP contribution >= 0.6 is 0 Å². The monoisotopic (exact) mass is 243 g/mol. The van der Waals surface area contributed by atoms with Gasteiger partial charge in [-0.3, -0.25) is 0 Å². The van der Waals surface area contributed by atoms with Crippen molar-refractivity contribution in [2.45, 2.75) is 20.4 Å². The molecule has 94 valence electrons. The second kappa shape index (κ2) is 5.14. The van der Waals surface area contributed by atoms with Gasteiger partial charge >= 0.3 is 0 Å². The summed E-state index contributed by atoms with van der Waals surface area (Å²) in [4.78, 5) is 8.73. The first-order valence-electron chi connectivity index (χ1n) is 5.83. The molecule has 1 heterocycles. The van der Waals surface area contributed by atoms with E-state index in [9.17, 15) is 0 Å². The minimum atomic E-state index is 0.336. The van der Waals surface area contributed by atoms with Crippen LogP contribution in [0.15, 0.2) is 24.3 Å². The Hall–Kier alpha value is -1.94. The van der Waals surface area contributed by atoms with E-state index in [4.69, 9.17) is 10.5 Å². The van der Waals surface area contributed by atoms with E-state index in [2.05, 4.69) is 16.0 Å². The number of aromatic nitrogens is 2. The van der Waals surface area contributed by atoms with Gasteiger partial charge in [0.2, 0.25) is 0 Å². The van der Waals surface area contributed by atoms with Gasteiger partial charge in [0.15, 0.2) is 0 Å². The van der Waals surface area contributed by atoms with E-state index in [0.717, 1.165) is 28.3 Å².